The number of nitrogens with one attached hydrogen (secondary N) is 2. The predicted molar refractivity (Wildman–Crippen MR) is 108 cm³/mol. The van der Waals surface area contributed by atoms with Crippen molar-refractivity contribution in [3.8, 4) is 0 Å². The highest BCUT2D eigenvalue weighted by molar-refractivity contribution is 9.10. The van der Waals surface area contributed by atoms with Crippen LogP contribution < -0.4 is 5.32 Å². The van der Waals surface area contributed by atoms with Gasteiger partial charge in [-0.2, -0.15) is 9.40 Å². The van der Waals surface area contributed by atoms with Crippen LogP contribution in [0.4, 0.5) is 0 Å². The number of benzene rings is 1. The van der Waals surface area contributed by atoms with E-state index in [0.29, 0.717) is 37.2 Å². The number of nitrogens with zero attached hydrogens (tertiary/aromatic N) is 3. The fraction of sp³-hybridized carbons (Fsp3) is 0.389. The van der Waals surface area contributed by atoms with Crippen LogP contribution in [-0.4, -0.2) is 65.8 Å². The second-order valence-corrected chi connectivity index (χ2v) is 9.93. The minimum absolute atomic E-state index is 0.0272. The van der Waals surface area contributed by atoms with Crippen LogP contribution in [0.1, 0.15) is 27.3 Å². The van der Waals surface area contributed by atoms with Crippen LogP contribution >= 0.6 is 15.9 Å². The molecule has 3 heterocycles. The van der Waals surface area contributed by atoms with Crippen molar-refractivity contribution in [3.05, 3.63) is 45.2 Å². The van der Waals surface area contributed by atoms with Gasteiger partial charge in [-0.25, -0.2) is 8.42 Å². The van der Waals surface area contributed by atoms with E-state index in [1.807, 2.05) is 0 Å². The van der Waals surface area contributed by atoms with E-state index in [9.17, 15) is 18.0 Å². The van der Waals surface area contributed by atoms with E-state index < -0.39 is 10.0 Å². The van der Waals surface area contributed by atoms with Crippen molar-refractivity contribution < 1.29 is 18.0 Å². The summed E-state index contributed by atoms with van der Waals surface area (Å²) < 4.78 is 28.6. The SMILES string of the molecule is Cc1cc(Br)ccc1S(=O)(=O)N1CCc2[nH]nc(C(=O)N3CCNC(=O)C3)c2C1. The van der Waals surface area contributed by atoms with E-state index in [4.69, 9.17) is 0 Å². The van der Waals surface area contributed by atoms with Gasteiger partial charge in [0, 0.05) is 48.3 Å². The molecule has 4 rings (SSSR count). The van der Waals surface area contributed by atoms with Crippen LogP contribution in [-0.2, 0) is 27.8 Å². The Labute approximate surface area is 176 Å². The highest BCUT2D eigenvalue weighted by Crippen LogP contribution is 2.29. The molecule has 0 atom stereocenters. The first-order valence-corrected chi connectivity index (χ1v) is 11.4. The molecule has 11 heteroatoms. The molecule has 0 radical (unpaired) electrons. The first kappa shape index (κ1) is 20.0. The zero-order valence-corrected chi connectivity index (χ0v) is 18.1. The van der Waals surface area contributed by atoms with Gasteiger partial charge in [0.15, 0.2) is 5.69 Å². The van der Waals surface area contributed by atoms with Crippen LogP contribution in [0.5, 0.6) is 0 Å². The summed E-state index contributed by atoms with van der Waals surface area (Å²) in [6, 6.07) is 5.04. The number of rotatable bonds is 3. The summed E-state index contributed by atoms with van der Waals surface area (Å²) >= 11 is 3.35. The van der Waals surface area contributed by atoms with E-state index in [2.05, 4.69) is 31.4 Å². The summed E-state index contributed by atoms with van der Waals surface area (Å²) in [5.41, 5.74) is 2.16. The number of carbonyl (C=O) groups excluding carboxylic acids is 2. The van der Waals surface area contributed by atoms with Crippen molar-refractivity contribution in [3.63, 3.8) is 0 Å². The Morgan fingerprint density at radius 3 is 2.76 bits per heavy atom. The van der Waals surface area contributed by atoms with Gasteiger partial charge < -0.3 is 10.2 Å². The number of hydrogen-bond donors (Lipinski definition) is 2. The molecule has 0 bridgehead atoms. The third kappa shape index (κ3) is 3.69. The maximum atomic E-state index is 13.2. The molecule has 2 N–H and O–H groups in total. The molecule has 29 heavy (non-hydrogen) atoms. The van der Waals surface area contributed by atoms with Gasteiger partial charge >= 0.3 is 0 Å². The Morgan fingerprint density at radius 2 is 2.03 bits per heavy atom. The van der Waals surface area contributed by atoms with Crippen LogP contribution in [0.3, 0.4) is 0 Å². The van der Waals surface area contributed by atoms with Gasteiger partial charge in [-0.15, -0.1) is 0 Å². The molecule has 0 unspecified atom stereocenters. The summed E-state index contributed by atoms with van der Waals surface area (Å²) in [4.78, 5) is 26.2. The lowest BCUT2D eigenvalue weighted by atomic mass is 10.1. The molecule has 0 saturated carbocycles. The molecule has 2 amide bonds. The van der Waals surface area contributed by atoms with Crippen LogP contribution in [0, 0.1) is 6.92 Å². The van der Waals surface area contributed by atoms with Crippen molar-refractivity contribution in [2.45, 2.75) is 24.8 Å². The van der Waals surface area contributed by atoms with Crippen molar-refractivity contribution in [2.75, 3.05) is 26.2 Å². The summed E-state index contributed by atoms with van der Waals surface area (Å²) in [6.45, 7) is 2.87. The zero-order chi connectivity index (χ0) is 20.8. The monoisotopic (exact) mass is 481 g/mol. The van der Waals surface area contributed by atoms with Gasteiger partial charge in [0.05, 0.1) is 11.4 Å². The van der Waals surface area contributed by atoms with E-state index in [1.165, 1.54) is 9.21 Å². The number of halogens is 1. The van der Waals surface area contributed by atoms with Crippen LogP contribution in [0.15, 0.2) is 27.6 Å². The van der Waals surface area contributed by atoms with Crippen molar-refractivity contribution in [1.29, 1.82) is 0 Å². The lowest BCUT2D eigenvalue weighted by Crippen LogP contribution is -2.50. The second kappa shape index (κ2) is 7.54. The van der Waals surface area contributed by atoms with E-state index in [-0.39, 0.29) is 35.5 Å². The number of hydrogen-bond acceptors (Lipinski definition) is 5. The molecular weight excluding hydrogens is 462 g/mol. The highest BCUT2D eigenvalue weighted by Gasteiger charge is 2.35. The minimum Gasteiger partial charge on any atom is -0.353 e. The average molecular weight is 482 g/mol. The van der Waals surface area contributed by atoms with Crippen molar-refractivity contribution in [2.24, 2.45) is 0 Å². The topological polar surface area (TPSA) is 115 Å². The molecule has 0 aliphatic carbocycles. The number of aromatic amines is 1. The third-order valence-corrected chi connectivity index (χ3v) is 7.68. The smallest absolute Gasteiger partial charge is 0.275 e. The number of aryl methyl sites for hydroxylation is 1. The lowest BCUT2D eigenvalue weighted by Gasteiger charge is -2.29. The molecule has 154 valence electrons. The fourth-order valence-corrected chi connectivity index (χ4v) is 5.75. The molecule has 2 aromatic rings. The molecule has 1 aromatic carbocycles. The van der Waals surface area contributed by atoms with Crippen LogP contribution in [0.2, 0.25) is 0 Å². The maximum Gasteiger partial charge on any atom is 0.275 e. The van der Waals surface area contributed by atoms with E-state index in [1.54, 1.807) is 25.1 Å². The summed E-state index contributed by atoms with van der Waals surface area (Å²) in [7, 11) is -3.72. The Morgan fingerprint density at radius 1 is 1.24 bits per heavy atom. The predicted octanol–water partition coefficient (Wildman–Crippen LogP) is 0.800. The molecule has 2 aliphatic rings. The standard InChI is InChI=1S/C18H20BrN5O4S/c1-11-8-12(19)2-3-15(11)29(27,28)24-6-4-14-13(9-24)17(22-21-14)18(26)23-7-5-20-16(25)10-23/h2-3,8H,4-7,9-10H2,1H3,(H,20,25)(H,21,22). The Kier molecular flexibility index (Phi) is 5.21. The van der Waals surface area contributed by atoms with Gasteiger partial charge in [0.2, 0.25) is 15.9 Å². The number of aromatic nitrogens is 2. The van der Waals surface area contributed by atoms with E-state index in [0.717, 1.165) is 10.2 Å². The van der Waals surface area contributed by atoms with Crippen molar-refractivity contribution >= 4 is 37.8 Å². The summed E-state index contributed by atoms with van der Waals surface area (Å²) in [6.07, 6.45) is 0.435. The van der Waals surface area contributed by atoms with Gasteiger partial charge in [0.25, 0.3) is 5.91 Å². The highest BCUT2D eigenvalue weighted by atomic mass is 79.9. The number of piperazine rings is 1. The summed E-state index contributed by atoms with van der Waals surface area (Å²) in [5, 5.41) is 9.68. The first-order valence-electron chi connectivity index (χ1n) is 9.16. The van der Waals surface area contributed by atoms with Crippen molar-refractivity contribution in [1.82, 2.24) is 24.7 Å². The molecule has 0 spiro atoms. The Balaban J connectivity index is 1.62. The molecule has 9 nitrogen and oxygen atoms in total. The summed E-state index contributed by atoms with van der Waals surface area (Å²) in [5.74, 6) is -0.583. The molecule has 2 aliphatic heterocycles. The molecule has 1 fully saturated rings. The van der Waals surface area contributed by atoms with E-state index >= 15 is 0 Å². The number of fused-ring (bicyclic) bond motifs is 1. The largest absolute Gasteiger partial charge is 0.353 e. The van der Waals surface area contributed by atoms with Gasteiger partial charge in [-0.3, -0.25) is 14.7 Å². The van der Waals surface area contributed by atoms with Gasteiger partial charge in [-0.05, 0) is 30.7 Å². The Hall–Kier alpha value is -2.24. The normalized spacial score (nSPS) is 17.7. The molecule has 1 aromatic heterocycles. The Bertz CT molecular complexity index is 1100. The fourth-order valence-electron chi connectivity index (χ4n) is 3.66. The average Bonchev–Trinajstić information content (AvgIpc) is 3.10. The maximum absolute atomic E-state index is 13.2. The number of H-pyrrole nitrogens is 1. The minimum atomic E-state index is -3.72. The third-order valence-electron chi connectivity index (χ3n) is 5.18. The molecule has 1 saturated heterocycles. The lowest BCUT2D eigenvalue weighted by molar-refractivity contribution is -0.123. The first-order chi connectivity index (χ1) is 13.8. The molecular formula is C18H20BrN5O4S. The van der Waals surface area contributed by atoms with Gasteiger partial charge in [-0.1, -0.05) is 15.9 Å². The number of sulfonamides is 1. The number of carbonyl (C=O) groups is 2. The second-order valence-electron chi connectivity index (χ2n) is 7.10. The van der Waals surface area contributed by atoms with Gasteiger partial charge in [0.1, 0.15) is 0 Å². The quantitative estimate of drug-likeness (QED) is 0.672. The van der Waals surface area contributed by atoms with Crippen LogP contribution in [0.25, 0.3) is 0 Å². The zero-order valence-electron chi connectivity index (χ0n) is 15.7. The number of amides is 2.